The maximum atomic E-state index is 14.1. The third-order valence-electron chi connectivity index (χ3n) is 5.69. The third kappa shape index (κ3) is 3.75. The Morgan fingerprint density at radius 3 is 2.62 bits per heavy atom. The average Bonchev–Trinajstić information content (AvgIpc) is 3.14. The number of esters is 1. The number of rotatable bonds is 6. The molecule has 26 heavy (non-hydrogen) atoms. The summed E-state index contributed by atoms with van der Waals surface area (Å²) in [5, 5.41) is 9.22. The van der Waals surface area contributed by atoms with Gasteiger partial charge < -0.3 is 14.6 Å². The Labute approximate surface area is 152 Å². The summed E-state index contributed by atoms with van der Waals surface area (Å²) in [6.07, 6.45) is 5.00. The maximum absolute atomic E-state index is 14.1. The fraction of sp³-hybridized carbons (Fsp3) is 0.600. The van der Waals surface area contributed by atoms with E-state index in [1.54, 1.807) is 0 Å². The lowest BCUT2D eigenvalue weighted by Gasteiger charge is -2.41. The van der Waals surface area contributed by atoms with E-state index in [2.05, 4.69) is 0 Å². The molecular formula is C20H25FO5. The van der Waals surface area contributed by atoms with Crippen molar-refractivity contribution in [3.63, 3.8) is 0 Å². The molecule has 1 heterocycles. The van der Waals surface area contributed by atoms with Crippen LogP contribution in [0.5, 0.6) is 5.75 Å². The van der Waals surface area contributed by atoms with Gasteiger partial charge in [0, 0.05) is 12.0 Å². The van der Waals surface area contributed by atoms with Crippen LogP contribution in [0.3, 0.4) is 0 Å². The van der Waals surface area contributed by atoms with Crippen molar-refractivity contribution < 1.29 is 28.6 Å². The molecule has 6 heteroatoms. The lowest BCUT2D eigenvalue weighted by Crippen LogP contribution is -2.48. The lowest BCUT2D eigenvalue weighted by molar-refractivity contribution is -0.178. The van der Waals surface area contributed by atoms with Crippen LogP contribution in [-0.4, -0.2) is 29.6 Å². The standard InChI is InChI=1S/C20H25FO5/c1-25-18-9-14(12-22)17(21)8-13(18)6-7-20(15-4-2-3-5-15)11-16(23)10-19(24)26-20/h8-9,15,22H,2-7,10-12H2,1H3. The molecule has 1 aromatic carbocycles. The molecule has 2 aliphatic rings. The molecule has 0 aromatic heterocycles. The van der Waals surface area contributed by atoms with Crippen molar-refractivity contribution in [2.75, 3.05) is 7.11 Å². The van der Waals surface area contributed by atoms with E-state index in [4.69, 9.17) is 9.47 Å². The second kappa shape index (κ2) is 7.74. The number of Topliss-reactive ketones (excluding diaryl/α,β-unsaturated/α-hetero) is 1. The van der Waals surface area contributed by atoms with Gasteiger partial charge >= 0.3 is 5.97 Å². The highest BCUT2D eigenvalue weighted by atomic mass is 19.1. The summed E-state index contributed by atoms with van der Waals surface area (Å²) in [5.74, 6) is -0.368. The Morgan fingerprint density at radius 2 is 2.00 bits per heavy atom. The van der Waals surface area contributed by atoms with Gasteiger partial charge in [-0.3, -0.25) is 9.59 Å². The molecule has 1 aliphatic heterocycles. The molecule has 142 valence electrons. The number of carbonyl (C=O) groups excluding carboxylic acids is 2. The first-order chi connectivity index (χ1) is 12.5. The highest BCUT2D eigenvalue weighted by Crippen LogP contribution is 2.44. The van der Waals surface area contributed by atoms with Crippen LogP contribution in [0.1, 0.15) is 56.1 Å². The SMILES string of the molecule is COc1cc(CO)c(F)cc1CCC1(C2CCCC2)CC(=O)CC(=O)O1. The predicted octanol–water partition coefficient (Wildman–Crippen LogP) is 3.09. The van der Waals surface area contributed by atoms with Gasteiger partial charge in [0.1, 0.15) is 29.4 Å². The van der Waals surface area contributed by atoms with Gasteiger partial charge in [0.05, 0.1) is 13.7 Å². The minimum Gasteiger partial charge on any atom is -0.496 e. The molecule has 1 N–H and O–H groups in total. The number of ketones is 1. The summed E-state index contributed by atoms with van der Waals surface area (Å²) in [5.41, 5.74) is 0.0316. The van der Waals surface area contributed by atoms with Gasteiger partial charge in [0.25, 0.3) is 0 Å². The van der Waals surface area contributed by atoms with Crippen molar-refractivity contribution in [1.29, 1.82) is 0 Å². The van der Waals surface area contributed by atoms with E-state index in [-0.39, 0.29) is 30.1 Å². The quantitative estimate of drug-likeness (QED) is 0.620. The summed E-state index contributed by atoms with van der Waals surface area (Å²) >= 11 is 0. The van der Waals surface area contributed by atoms with E-state index in [1.807, 2.05) is 0 Å². The second-order valence-corrected chi connectivity index (χ2v) is 7.33. The smallest absolute Gasteiger partial charge is 0.313 e. The van der Waals surface area contributed by atoms with Crippen LogP contribution >= 0.6 is 0 Å². The number of methoxy groups -OCH3 is 1. The lowest BCUT2D eigenvalue weighted by atomic mass is 9.76. The van der Waals surface area contributed by atoms with Crippen LogP contribution in [0.25, 0.3) is 0 Å². The van der Waals surface area contributed by atoms with Crippen LogP contribution in [0.15, 0.2) is 12.1 Å². The summed E-state index contributed by atoms with van der Waals surface area (Å²) in [6.45, 7) is -0.402. The van der Waals surface area contributed by atoms with Crippen LogP contribution in [0, 0.1) is 11.7 Å². The van der Waals surface area contributed by atoms with E-state index in [0.717, 1.165) is 25.7 Å². The fourth-order valence-electron chi connectivity index (χ4n) is 4.37. The Bertz CT molecular complexity index is 678. The van der Waals surface area contributed by atoms with Crippen LogP contribution in [0.4, 0.5) is 4.39 Å². The van der Waals surface area contributed by atoms with E-state index >= 15 is 0 Å². The number of halogens is 1. The number of benzene rings is 1. The van der Waals surface area contributed by atoms with Gasteiger partial charge in [-0.25, -0.2) is 4.39 Å². The number of aliphatic hydroxyl groups is 1. The minimum absolute atomic E-state index is 0.0816. The first-order valence-electron chi connectivity index (χ1n) is 9.17. The second-order valence-electron chi connectivity index (χ2n) is 7.33. The van der Waals surface area contributed by atoms with Crippen molar-refractivity contribution in [3.05, 3.63) is 29.1 Å². The topological polar surface area (TPSA) is 72.8 Å². The van der Waals surface area contributed by atoms with Gasteiger partial charge in [0.2, 0.25) is 0 Å². The number of cyclic esters (lactones) is 1. The van der Waals surface area contributed by atoms with Gasteiger partial charge in [0.15, 0.2) is 0 Å². The Hall–Kier alpha value is -1.95. The van der Waals surface area contributed by atoms with E-state index < -0.39 is 24.0 Å². The van der Waals surface area contributed by atoms with Crippen molar-refractivity contribution in [2.45, 2.75) is 63.6 Å². The minimum atomic E-state index is -0.792. The molecule has 5 nitrogen and oxygen atoms in total. The highest BCUT2D eigenvalue weighted by Gasteiger charge is 2.47. The molecule has 2 fully saturated rings. The van der Waals surface area contributed by atoms with Gasteiger partial charge in [-0.1, -0.05) is 12.8 Å². The van der Waals surface area contributed by atoms with Crippen LogP contribution in [-0.2, 0) is 27.4 Å². The first kappa shape index (κ1) is 18.8. The number of aryl methyl sites for hydroxylation is 1. The number of ether oxygens (including phenoxy) is 2. The van der Waals surface area contributed by atoms with Crippen molar-refractivity contribution >= 4 is 11.8 Å². The number of hydrogen-bond donors (Lipinski definition) is 1. The van der Waals surface area contributed by atoms with Crippen LogP contribution < -0.4 is 4.74 Å². The third-order valence-corrected chi connectivity index (χ3v) is 5.69. The molecule has 1 saturated carbocycles. The molecule has 1 aromatic rings. The van der Waals surface area contributed by atoms with Crippen molar-refractivity contribution in [3.8, 4) is 5.75 Å². The maximum Gasteiger partial charge on any atom is 0.313 e. The molecule has 0 bridgehead atoms. The Morgan fingerprint density at radius 1 is 1.27 bits per heavy atom. The van der Waals surface area contributed by atoms with E-state index in [9.17, 15) is 19.1 Å². The Balaban J connectivity index is 1.85. The van der Waals surface area contributed by atoms with Gasteiger partial charge in [-0.2, -0.15) is 0 Å². The molecule has 1 atom stereocenters. The average molecular weight is 364 g/mol. The molecule has 0 amide bonds. The monoisotopic (exact) mass is 364 g/mol. The van der Waals surface area contributed by atoms with Gasteiger partial charge in [-0.05, 0) is 49.3 Å². The predicted molar refractivity (Wildman–Crippen MR) is 92.2 cm³/mol. The molecular weight excluding hydrogens is 339 g/mol. The molecule has 1 aliphatic carbocycles. The number of carbonyl (C=O) groups is 2. The number of hydrogen-bond acceptors (Lipinski definition) is 5. The summed E-state index contributed by atoms with van der Waals surface area (Å²) in [6, 6.07) is 2.85. The summed E-state index contributed by atoms with van der Waals surface area (Å²) in [4.78, 5) is 24.1. The largest absolute Gasteiger partial charge is 0.496 e. The zero-order chi connectivity index (χ0) is 18.7. The number of aliphatic hydroxyl groups excluding tert-OH is 1. The zero-order valence-corrected chi connectivity index (χ0v) is 15.1. The van der Waals surface area contributed by atoms with E-state index in [1.165, 1.54) is 19.2 Å². The van der Waals surface area contributed by atoms with Crippen molar-refractivity contribution in [1.82, 2.24) is 0 Å². The fourth-order valence-corrected chi connectivity index (χ4v) is 4.37. The Kier molecular flexibility index (Phi) is 5.61. The zero-order valence-electron chi connectivity index (χ0n) is 15.1. The first-order valence-corrected chi connectivity index (χ1v) is 9.17. The molecule has 1 saturated heterocycles. The normalized spacial score (nSPS) is 24.0. The molecule has 0 radical (unpaired) electrons. The summed E-state index contributed by atoms with van der Waals surface area (Å²) < 4.78 is 25.2. The summed E-state index contributed by atoms with van der Waals surface area (Å²) in [7, 11) is 1.49. The highest BCUT2D eigenvalue weighted by molar-refractivity contribution is 5.98. The molecule has 3 rings (SSSR count). The molecule has 1 unspecified atom stereocenters. The van der Waals surface area contributed by atoms with Crippen LogP contribution in [0.2, 0.25) is 0 Å². The molecule has 0 spiro atoms. The van der Waals surface area contributed by atoms with E-state index in [0.29, 0.717) is 24.2 Å². The van der Waals surface area contributed by atoms with Gasteiger partial charge in [-0.15, -0.1) is 0 Å². The van der Waals surface area contributed by atoms with Crippen molar-refractivity contribution in [2.24, 2.45) is 5.92 Å².